The van der Waals surface area contributed by atoms with Crippen molar-refractivity contribution in [2.24, 2.45) is 5.73 Å². The molecule has 4 nitrogen and oxygen atoms in total. The lowest BCUT2D eigenvalue weighted by atomic mass is 9.83. The fraction of sp³-hybridized carbons (Fsp3) is 0.118. The molecular formula is C17H12ClFN2O2. The molecule has 2 aromatic rings. The van der Waals surface area contributed by atoms with E-state index in [1.165, 1.54) is 19.2 Å². The zero-order chi connectivity index (χ0) is 16.6. The molecule has 2 N–H and O–H groups in total. The number of nitriles is 1. The molecule has 1 atom stereocenters. The molecule has 116 valence electrons. The number of nitrogens with two attached hydrogens (primary N) is 1. The molecule has 0 bridgehead atoms. The van der Waals surface area contributed by atoms with Gasteiger partial charge < -0.3 is 15.2 Å². The van der Waals surface area contributed by atoms with Crippen molar-refractivity contribution in [1.29, 1.82) is 5.26 Å². The van der Waals surface area contributed by atoms with E-state index in [1.54, 1.807) is 24.3 Å². The number of benzene rings is 2. The largest absolute Gasteiger partial charge is 0.497 e. The van der Waals surface area contributed by atoms with E-state index in [-0.39, 0.29) is 22.0 Å². The summed E-state index contributed by atoms with van der Waals surface area (Å²) in [6.07, 6.45) is 0. The van der Waals surface area contributed by atoms with Crippen molar-refractivity contribution in [3.05, 3.63) is 69.8 Å². The lowest BCUT2D eigenvalue weighted by molar-refractivity contribution is 0.380. The summed E-state index contributed by atoms with van der Waals surface area (Å²) in [6, 6.07) is 11.4. The Hall–Kier alpha value is -2.71. The quantitative estimate of drug-likeness (QED) is 0.911. The van der Waals surface area contributed by atoms with Gasteiger partial charge in [0.15, 0.2) is 0 Å². The summed E-state index contributed by atoms with van der Waals surface area (Å²) in [7, 11) is 1.52. The third kappa shape index (κ3) is 2.47. The summed E-state index contributed by atoms with van der Waals surface area (Å²) >= 11 is 6.18. The minimum atomic E-state index is -0.733. The summed E-state index contributed by atoms with van der Waals surface area (Å²) in [4.78, 5) is 0. The van der Waals surface area contributed by atoms with Crippen LogP contribution >= 0.6 is 11.6 Å². The normalized spacial score (nSPS) is 16.3. The van der Waals surface area contributed by atoms with Crippen LogP contribution in [0.3, 0.4) is 0 Å². The molecule has 1 aliphatic heterocycles. The minimum absolute atomic E-state index is 0.0717. The first kappa shape index (κ1) is 15.2. The predicted molar refractivity (Wildman–Crippen MR) is 83.7 cm³/mol. The van der Waals surface area contributed by atoms with Gasteiger partial charge in [-0.25, -0.2) is 4.39 Å². The van der Waals surface area contributed by atoms with Crippen molar-refractivity contribution in [2.45, 2.75) is 5.92 Å². The van der Waals surface area contributed by atoms with Gasteiger partial charge in [-0.2, -0.15) is 5.26 Å². The number of hydrogen-bond acceptors (Lipinski definition) is 4. The second-order valence-corrected chi connectivity index (χ2v) is 5.37. The number of allylic oxidation sites excluding steroid dienone is 1. The van der Waals surface area contributed by atoms with Crippen LogP contribution in [0.1, 0.15) is 17.0 Å². The van der Waals surface area contributed by atoms with Crippen molar-refractivity contribution in [2.75, 3.05) is 7.11 Å². The molecule has 6 heteroatoms. The average Bonchev–Trinajstić information content (AvgIpc) is 2.53. The lowest BCUT2D eigenvalue weighted by Gasteiger charge is -2.27. The van der Waals surface area contributed by atoms with Crippen LogP contribution in [0.15, 0.2) is 47.9 Å². The fourth-order valence-electron chi connectivity index (χ4n) is 2.65. The monoisotopic (exact) mass is 330 g/mol. The van der Waals surface area contributed by atoms with E-state index in [9.17, 15) is 9.65 Å². The van der Waals surface area contributed by atoms with Gasteiger partial charge in [-0.05, 0) is 18.2 Å². The van der Waals surface area contributed by atoms with Crippen LogP contribution in [0, 0.1) is 17.1 Å². The maximum absolute atomic E-state index is 14.4. The predicted octanol–water partition coefficient (Wildman–Crippen LogP) is 3.71. The summed E-state index contributed by atoms with van der Waals surface area (Å²) < 4.78 is 25.0. The Bertz CT molecular complexity index is 838. The van der Waals surface area contributed by atoms with Gasteiger partial charge in [-0.15, -0.1) is 0 Å². The molecular weight excluding hydrogens is 319 g/mol. The minimum Gasteiger partial charge on any atom is -0.497 e. The van der Waals surface area contributed by atoms with Crippen LogP contribution in [0.4, 0.5) is 4.39 Å². The standard InChI is InChI=1S/C17H12ClFN2O2/c1-22-9-5-6-10-14(7-9)23-17(21)11(8-20)15(10)16-12(18)3-2-4-13(16)19/h2-7,15H,21H2,1H3/t15-/m0/s1. The van der Waals surface area contributed by atoms with Crippen LogP contribution in [-0.2, 0) is 0 Å². The van der Waals surface area contributed by atoms with Crippen molar-refractivity contribution in [3.63, 3.8) is 0 Å². The first-order valence-corrected chi connectivity index (χ1v) is 7.14. The zero-order valence-electron chi connectivity index (χ0n) is 12.1. The van der Waals surface area contributed by atoms with Gasteiger partial charge in [0.1, 0.15) is 29.0 Å². The van der Waals surface area contributed by atoms with Crippen LogP contribution in [-0.4, -0.2) is 7.11 Å². The maximum Gasteiger partial charge on any atom is 0.205 e. The Morgan fingerprint density at radius 3 is 2.78 bits per heavy atom. The Balaban J connectivity index is 2.28. The third-order valence-electron chi connectivity index (χ3n) is 3.71. The number of fused-ring (bicyclic) bond motifs is 1. The zero-order valence-corrected chi connectivity index (χ0v) is 12.9. The molecule has 0 saturated carbocycles. The van der Waals surface area contributed by atoms with E-state index in [0.717, 1.165) is 0 Å². The number of ether oxygens (including phenoxy) is 2. The van der Waals surface area contributed by atoms with Crippen molar-refractivity contribution in [1.82, 2.24) is 0 Å². The van der Waals surface area contributed by atoms with Gasteiger partial charge >= 0.3 is 0 Å². The lowest BCUT2D eigenvalue weighted by Crippen LogP contribution is -2.22. The summed E-state index contributed by atoms with van der Waals surface area (Å²) in [5.74, 6) is -0.340. The van der Waals surface area contributed by atoms with Crippen LogP contribution < -0.4 is 15.2 Å². The highest BCUT2D eigenvalue weighted by Gasteiger charge is 2.33. The van der Waals surface area contributed by atoms with Crippen molar-refractivity contribution < 1.29 is 13.9 Å². The summed E-state index contributed by atoms with van der Waals surface area (Å²) in [5.41, 5.74) is 6.77. The van der Waals surface area contributed by atoms with Crippen LogP contribution in [0.5, 0.6) is 11.5 Å². The van der Waals surface area contributed by atoms with Crippen LogP contribution in [0.2, 0.25) is 5.02 Å². The first-order valence-electron chi connectivity index (χ1n) is 6.76. The Kier molecular flexibility index (Phi) is 3.85. The summed E-state index contributed by atoms with van der Waals surface area (Å²) in [6.45, 7) is 0. The SMILES string of the molecule is COc1ccc2c(c1)OC(N)=C(C#N)[C@H]2c1c(F)cccc1Cl. The molecule has 0 unspecified atom stereocenters. The molecule has 0 saturated heterocycles. The molecule has 2 aromatic carbocycles. The number of rotatable bonds is 2. The topological polar surface area (TPSA) is 68.3 Å². The Labute approximate surface area is 137 Å². The first-order chi connectivity index (χ1) is 11.1. The average molecular weight is 331 g/mol. The third-order valence-corrected chi connectivity index (χ3v) is 4.04. The van der Waals surface area contributed by atoms with Crippen molar-refractivity contribution in [3.8, 4) is 17.6 Å². The number of methoxy groups -OCH3 is 1. The number of halogens is 2. The fourth-order valence-corrected chi connectivity index (χ4v) is 2.92. The molecule has 0 aliphatic carbocycles. The molecule has 0 fully saturated rings. The molecule has 3 rings (SSSR count). The number of hydrogen-bond donors (Lipinski definition) is 1. The van der Waals surface area contributed by atoms with Crippen LogP contribution in [0.25, 0.3) is 0 Å². The van der Waals surface area contributed by atoms with E-state index in [1.807, 2.05) is 6.07 Å². The van der Waals surface area contributed by atoms with E-state index in [0.29, 0.717) is 17.1 Å². The molecule has 0 spiro atoms. The smallest absolute Gasteiger partial charge is 0.205 e. The maximum atomic E-state index is 14.4. The second-order valence-electron chi connectivity index (χ2n) is 4.96. The molecule has 23 heavy (non-hydrogen) atoms. The van der Waals surface area contributed by atoms with E-state index < -0.39 is 11.7 Å². The molecule has 0 radical (unpaired) electrons. The molecule has 1 heterocycles. The highest BCUT2D eigenvalue weighted by Crippen LogP contribution is 2.45. The van der Waals surface area contributed by atoms with Gasteiger partial charge in [-0.3, -0.25) is 0 Å². The summed E-state index contributed by atoms with van der Waals surface area (Å²) in [5, 5.41) is 9.66. The Morgan fingerprint density at radius 2 is 2.13 bits per heavy atom. The molecule has 0 amide bonds. The number of nitrogens with zero attached hydrogens (tertiary/aromatic N) is 1. The molecule has 0 aromatic heterocycles. The highest BCUT2D eigenvalue weighted by molar-refractivity contribution is 6.31. The van der Waals surface area contributed by atoms with Gasteiger partial charge in [-0.1, -0.05) is 23.7 Å². The van der Waals surface area contributed by atoms with E-state index in [2.05, 4.69) is 0 Å². The van der Waals surface area contributed by atoms with E-state index >= 15 is 0 Å². The Morgan fingerprint density at radius 1 is 1.35 bits per heavy atom. The van der Waals surface area contributed by atoms with Gasteiger partial charge in [0, 0.05) is 22.2 Å². The van der Waals surface area contributed by atoms with E-state index in [4.69, 9.17) is 26.8 Å². The highest BCUT2D eigenvalue weighted by atomic mass is 35.5. The van der Waals surface area contributed by atoms with Gasteiger partial charge in [0.25, 0.3) is 0 Å². The van der Waals surface area contributed by atoms with Gasteiger partial charge in [0.05, 0.1) is 13.0 Å². The second kappa shape index (κ2) is 5.82. The van der Waals surface area contributed by atoms with Gasteiger partial charge in [0.2, 0.25) is 5.88 Å². The molecule has 1 aliphatic rings. The van der Waals surface area contributed by atoms with Crippen molar-refractivity contribution >= 4 is 11.6 Å².